The standard InChI is InChI=1S/C27H34O3/c1-25(2)14-15-26(3,4)23-16-19(8-11-22(23)25)20-12-13-27(17-20,30-5)21-9-6-18(7-10-21)24(28)29/h6-11,16,20H,12-15,17H2,1-5H3,(H,28,29). The molecule has 2 aromatic rings. The molecule has 2 aromatic carbocycles. The Morgan fingerprint density at radius 3 is 2.17 bits per heavy atom. The second-order valence-corrected chi connectivity index (χ2v) is 10.6. The largest absolute Gasteiger partial charge is 0.478 e. The van der Waals surface area contributed by atoms with Crippen molar-refractivity contribution in [3.05, 3.63) is 70.3 Å². The topological polar surface area (TPSA) is 46.5 Å². The van der Waals surface area contributed by atoms with E-state index in [1.54, 1.807) is 19.2 Å². The number of benzene rings is 2. The highest BCUT2D eigenvalue weighted by Gasteiger charge is 2.43. The average Bonchev–Trinajstić information content (AvgIpc) is 3.17. The fraction of sp³-hybridized carbons (Fsp3) is 0.519. The molecule has 30 heavy (non-hydrogen) atoms. The van der Waals surface area contributed by atoms with Gasteiger partial charge in [0.1, 0.15) is 0 Å². The fourth-order valence-corrected chi connectivity index (χ4v) is 5.64. The molecule has 4 rings (SSSR count). The first kappa shape index (κ1) is 21.1. The van der Waals surface area contributed by atoms with Crippen molar-refractivity contribution in [2.75, 3.05) is 7.11 Å². The molecule has 0 bridgehead atoms. The highest BCUT2D eigenvalue weighted by atomic mass is 16.5. The predicted molar refractivity (Wildman–Crippen MR) is 120 cm³/mol. The quantitative estimate of drug-likeness (QED) is 0.627. The number of rotatable bonds is 4. The molecule has 1 N–H and O–H groups in total. The van der Waals surface area contributed by atoms with Gasteiger partial charge in [-0.25, -0.2) is 4.79 Å². The summed E-state index contributed by atoms with van der Waals surface area (Å²) in [5, 5.41) is 9.20. The van der Waals surface area contributed by atoms with Gasteiger partial charge in [0.15, 0.2) is 0 Å². The minimum absolute atomic E-state index is 0.213. The number of ether oxygens (including phenoxy) is 1. The Kier molecular flexibility index (Phi) is 5.09. The van der Waals surface area contributed by atoms with Crippen LogP contribution in [-0.2, 0) is 21.2 Å². The average molecular weight is 407 g/mol. The van der Waals surface area contributed by atoms with Crippen LogP contribution >= 0.6 is 0 Å². The molecule has 2 aliphatic carbocycles. The van der Waals surface area contributed by atoms with E-state index in [-0.39, 0.29) is 16.4 Å². The first-order valence-electron chi connectivity index (χ1n) is 11.1. The Labute approximate surface area is 180 Å². The van der Waals surface area contributed by atoms with Crippen molar-refractivity contribution in [3.63, 3.8) is 0 Å². The second kappa shape index (κ2) is 7.23. The Morgan fingerprint density at radius 2 is 1.57 bits per heavy atom. The van der Waals surface area contributed by atoms with Gasteiger partial charge in [-0.15, -0.1) is 0 Å². The van der Waals surface area contributed by atoms with E-state index in [2.05, 4.69) is 45.9 Å². The Morgan fingerprint density at radius 1 is 0.933 bits per heavy atom. The van der Waals surface area contributed by atoms with Gasteiger partial charge >= 0.3 is 5.97 Å². The monoisotopic (exact) mass is 406 g/mol. The van der Waals surface area contributed by atoms with Gasteiger partial charge in [0.25, 0.3) is 0 Å². The van der Waals surface area contributed by atoms with Crippen LogP contribution in [0.15, 0.2) is 42.5 Å². The maximum atomic E-state index is 11.2. The van der Waals surface area contributed by atoms with Gasteiger partial charge in [0.2, 0.25) is 0 Å². The number of carbonyl (C=O) groups is 1. The number of hydrogen-bond acceptors (Lipinski definition) is 2. The van der Waals surface area contributed by atoms with Crippen molar-refractivity contribution in [2.45, 2.75) is 82.1 Å². The summed E-state index contributed by atoms with van der Waals surface area (Å²) in [6, 6.07) is 14.4. The molecule has 2 atom stereocenters. The van der Waals surface area contributed by atoms with Crippen LogP contribution in [0.5, 0.6) is 0 Å². The minimum Gasteiger partial charge on any atom is -0.478 e. The molecule has 1 saturated carbocycles. The van der Waals surface area contributed by atoms with Gasteiger partial charge in [0.05, 0.1) is 11.2 Å². The first-order chi connectivity index (χ1) is 14.1. The van der Waals surface area contributed by atoms with Crippen LogP contribution in [0.3, 0.4) is 0 Å². The van der Waals surface area contributed by atoms with E-state index in [1.165, 1.54) is 29.5 Å². The molecule has 0 amide bonds. The highest BCUT2D eigenvalue weighted by Crippen LogP contribution is 2.51. The summed E-state index contributed by atoms with van der Waals surface area (Å²) in [6.45, 7) is 9.49. The van der Waals surface area contributed by atoms with E-state index in [1.807, 2.05) is 12.1 Å². The molecule has 0 aliphatic heterocycles. The van der Waals surface area contributed by atoms with Crippen LogP contribution in [0.25, 0.3) is 0 Å². The summed E-state index contributed by atoms with van der Waals surface area (Å²) < 4.78 is 6.08. The molecule has 3 heteroatoms. The first-order valence-corrected chi connectivity index (χ1v) is 11.1. The predicted octanol–water partition coefficient (Wildman–Crippen LogP) is 6.54. The molecule has 0 saturated heterocycles. The molecule has 2 aliphatic rings. The van der Waals surface area contributed by atoms with Crippen LogP contribution in [0.1, 0.15) is 98.3 Å². The molecule has 1 fully saturated rings. The molecule has 2 unspecified atom stereocenters. The lowest BCUT2D eigenvalue weighted by Gasteiger charge is -2.42. The van der Waals surface area contributed by atoms with Crippen molar-refractivity contribution >= 4 is 5.97 Å². The van der Waals surface area contributed by atoms with E-state index in [0.717, 1.165) is 24.8 Å². The third kappa shape index (κ3) is 3.47. The summed E-state index contributed by atoms with van der Waals surface area (Å²) in [4.78, 5) is 11.2. The summed E-state index contributed by atoms with van der Waals surface area (Å²) >= 11 is 0. The maximum Gasteiger partial charge on any atom is 0.335 e. The summed E-state index contributed by atoms with van der Waals surface area (Å²) in [6.07, 6.45) is 5.41. The zero-order chi connectivity index (χ0) is 21.7. The van der Waals surface area contributed by atoms with E-state index < -0.39 is 5.97 Å². The zero-order valence-electron chi connectivity index (χ0n) is 18.9. The minimum atomic E-state index is -0.892. The van der Waals surface area contributed by atoms with Gasteiger partial charge < -0.3 is 9.84 Å². The Balaban J connectivity index is 1.65. The van der Waals surface area contributed by atoms with Crippen LogP contribution in [-0.4, -0.2) is 18.2 Å². The lowest BCUT2D eigenvalue weighted by atomic mass is 9.62. The molecule has 0 heterocycles. The van der Waals surface area contributed by atoms with Gasteiger partial charge in [-0.3, -0.25) is 0 Å². The number of hydrogen-bond donors (Lipinski definition) is 1. The Bertz CT molecular complexity index is 955. The van der Waals surface area contributed by atoms with E-state index in [0.29, 0.717) is 11.5 Å². The molecule has 3 nitrogen and oxygen atoms in total. The van der Waals surface area contributed by atoms with E-state index in [4.69, 9.17) is 4.74 Å². The van der Waals surface area contributed by atoms with Gasteiger partial charge in [0, 0.05) is 7.11 Å². The lowest BCUT2D eigenvalue weighted by molar-refractivity contribution is -0.00999. The third-order valence-electron chi connectivity index (χ3n) is 7.87. The highest BCUT2D eigenvalue weighted by molar-refractivity contribution is 5.87. The van der Waals surface area contributed by atoms with E-state index in [9.17, 15) is 9.90 Å². The van der Waals surface area contributed by atoms with Gasteiger partial charge in [-0.05, 0) is 83.2 Å². The maximum absolute atomic E-state index is 11.2. The smallest absolute Gasteiger partial charge is 0.335 e. The van der Waals surface area contributed by atoms with E-state index >= 15 is 0 Å². The molecule has 0 spiro atoms. The molecule has 0 radical (unpaired) electrons. The van der Waals surface area contributed by atoms with Crippen molar-refractivity contribution in [1.82, 2.24) is 0 Å². The van der Waals surface area contributed by atoms with Crippen molar-refractivity contribution in [1.29, 1.82) is 0 Å². The van der Waals surface area contributed by atoms with Crippen molar-refractivity contribution < 1.29 is 14.6 Å². The summed E-state index contributed by atoms with van der Waals surface area (Å²) in [5.41, 5.74) is 5.94. The zero-order valence-corrected chi connectivity index (χ0v) is 18.9. The van der Waals surface area contributed by atoms with Crippen LogP contribution < -0.4 is 0 Å². The van der Waals surface area contributed by atoms with Crippen molar-refractivity contribution in [3.8, 4) is 0 Å². The van der Waals surface area contributed by atoms with Crippen LogP contribution in [0.4, 0.5) is 0 Å². The molecular weight excluding hydrogens is 372 g/mol. The summed E-state index contributed by atoms with van der Waals surface area (Å²) in [7, 11) is 1.78. The number of methoxy groups -OCH3 is 1. The Hall–Kier alpha value is -2.13. The molecule has 160 valence electrons. The SMILES string of the molecule is COC1(c2ccc(C(=O)O)cc2)CCC(c2ccc3c(c2)C(C)(C)CCC3(C)C)C1. The molecule has 0 aromatic heterocycles. The lowest BCUT2D eigenvalue weighted by Crippen LogP contribution is -2.34. The number of aromatic carboxylic acids is 1. The summed E-state index contributed by atoms with van der Waals surface area (Å²) in [5.74, 6) is -0.438. The van der Waals surface area contributed by atoms with Crippen LogP contribution in [0, 0.1) is 0 Å². The fourth-order valence-electron chi connectivity index (χ4n) is 5.64. The number of carboxylic acids is 1. The normalized spacial score (nSPS) is 26.9. The third-order valence-corrected chi connectivity index (χ3v) is 7.87. The molecular formula is C27H34O3. The van der Waals surface area contributed by atoms with Gasteiger partial charge in [-0.1, -0.05) is 58.0 Å². The second-order valence-electron chi connectivity index (χ2n) is 10.6. The van der Waals surface area contributed by atoms with Gasteiger partial charge in [-0.2, -0.15) is 0 Å². The van der Waals surface area contributed by atoms with Crippen LogP contribution in [0.2, 0.25) is 0 Å². The number of fused-ring (bicyclic) bond motifs is 1. The number of carboxylic acid groups (broad SMARTS) is 1. The van der Waals surface area contributed by atoms with Crippen molar-refractivity contribution in [2.24, 2.45) is 0 Å².